The van der Waals surface area contributed by atoms with E-state index in [2.05, 4.69) is 40.2 Å². The zero-order valence-electron chi connectivity index (χ0n) is 15.5. The molecule has 2 aromatic carbocycles. The van der Waals surface area contributed by atoms with Crippen LogP contribution in [-0.4, -0.2) is 29.3 Å². The first kappa shape index (κ1) is 17.6. The molecule has 4 nitrogen and oxygen atoms in total. The molecule has 3 aromatic rings. The Bertz CT molecular complexity index is 894. The van der Waals surface area contributed by atoms with Crippen molar-refractivity contribution in [3.05, 3.63) is 78.0 Å². The molecule has 27 heavy (non-hydrogen) atoms. The molecule has 1 fully saturated rings. The first-order valence-corrected chi connectivity index (χ1v) is 9.36. The van der Waals surface area contributed by atoms with Crippen LogP contribution in [0.1, 0.15) is 17.5 Å². The molecule has 0 amide bonds. The number of nitrogens with zero attached hydrogens (tertiary/aromatic N) is 2. The van der Waals surface area contributed by atoms with Crippen LogP contribution in [0.5, 0.6) is 5.88 Å². The summed E-state index contributed by atoms with van der Waals surface area (Å²) in [7, 11) is 0. The lowest BCUT2D eigenvalue weighted by molar-refractivity contribution is 0.215. The molecular formula is C23H24N2O2. The Balaban J connectivity index is 1.49. The van der Waals surface area contributed by atoms with Gasteiger partial charge in [0.2, 0.25) is 5.88 Å². The molecule has 4 heteroatoms. The summed E-state index contributed by atoms with van der Waals surface area (Å²) < 4.78 is 6.03. The summed E-state index contributed by atoms with van der Waals surface area (Å²) in [6.07, 6.45) is 2.88. The first-order chi connectivity index (χ1) is 13.2. The molecule has 4 rings (SSSR count). The third kappa shape index (κ3) is 3.96. The minimum Gasteiger partial charge on any atom is -0.472 e. The van der Waals surface area contributed by atoms with Crippen LogP contribution in [0, 0.1) is 6.92 Å². The van der Waals surface area contributed by atoms with Gasteiger partial charge in [0.1, 0.15) is 6.10 Å². The molecular weight excluding hydrogens is 336 g/mol. The Morgan fingerprint density at radius 1 is 1.07 bits per heavy atom. The minimum atomic E-state index is 0.0253. The van der Waals surface area contributed by atoms with Crippen molar-refractivity contribution in [3.8, 4) is 17.0 Å². The number of pyridine rings is 1. The first-order valence-electron chi connectivity index (χ1n) is 9.36. The zero-order valence-corrected chi connectivity index (χ0v) is 15.5. The number of aliphatic hydroxyl groups excluding tert-OH is 1. The Morgan fingerprint density at radius 2 is 1.93 bits per heavy atom. The topological polar surface area (TPSA) is 45.6 Å². The largest absolute Gasteiger partial charge is 0.472 e. The van der Waals surface area contributed by atoms with Crippen LogP contribution in [-0.2, 0) is 6.61 Å². The van der Waals surface area contributed by atoms with E-state index in [0.29, 0.717) is 5.88 Å². The molecule has 1 aliphatic rings. The van der Waals surface area contributed by atoms with Crippen LogP contribution in [0.4, 0.5) is 5.69 Å². The Hall–Kier alpha value is -2.85. The van der Waals surface area contributed by atoms with Crippen molar-refractivity contribution < 1.29 is 9.84 Å². The van der Waals surface area contributed by atoms with Gasteiger partial charge in [-0.1, -0.05) is 42.5 Å². The monoisotopic (exact) mass is 360 g/mol. The SMILES string of the molecule is Cc1ccc(O[C@@H]2CCN(c3ccc(-c4ccccc4)cc3CO)C2)nc1. The van der Waals surface area contributed by atoms with E-state index in [1.54, 1.807) is 0 Å². The Morgan fingerprint density at radius 3 is 2.67 bits per heavy atom. The second-order valence-corrected chi connectivity index (χ2v) is 7.02. The van der Waals surface area contributed by atoms with Crippen LogP contribution >= 0.6 is 0 Å². The summed E-state index contributed by atoms with van der Waals surface area (Å²) in [4.78, 5) is 6.63. The molecule has 0 saturated carbocycles. The van der Waals surface area contributed by atoms with E-state index in [1.807, 2.05) is 43.5 Å². The normalized spacial score (nSPS) is 16.5. The maximum absolute atomic E-state index is 9.91. The fraction of sp³-hybridized carbons (Fsp3) is 0.261. The number of hydrogen-bond donors (Lipinski definition) is 1. The summed E-state index contributed by atoms with van der Waals surface area (Å²) in [5.74, 6) is 0.675. The summed E-state index contributed by atoms with van der Waals surface area (Å²) in [6, 6.07) is 20.5. The van der Waals surface area contributed by atoms with Crippen LogP contribution in [0.2, 0.25) is 0 Å². The van der Waals surface area contributed by atoms with Crippen LogP contribution in [0.25, 0.3) is 11.1 Å². The highest BCUT2D eigenvalue weighted by Gasteiger charge is 2.26. The van der Waals surface area contributed by atoms with Crippen molar-refractivity contribution >= 4 is 5.69 Å². The van der Waals surface area contributed by atoms with Gasteiger partial charge in [-0.05, 0) is 35.7 Å². The van der Waals surface area contributed by atoms with E-state index in [9.17, 15) is 5.11 Å². The smallest absolute Gasteiger partial charge is 0.213 e. The fourth-order valence-electron chi connectivity index (χ4n) is 3.57. The third-order valence-electron chi connectivity index (χ3n) is 5.01. The average Bonchev–Trinajstić information content (AvgIpc) is 3.18. The van der Waals surface area contributed by atoms with Gasteiger partial charge in [0, 0.05) is 36.5 Å². The second kappa shape index (κ2) is 7.80. The highest BCUT2D eigenvalue weighted by molar-refractivity contribution is 5.69. The molecule has 0 spiro atoms. The van der Waals surface area contributed by atoms with Crippen LogP contribution in [0.15, 0.2) is 66.9 Å². The maximum Gasteiger partial charge on any atom is 0.213 e. The molecule has 2 heterocycles. The molecule has 0 bridgehead atoms. The number of benzene rings is 2. The molecule has 138 valence electrons. The molecule has 1 aromatic heterocycles. The quantitative estimate of drug-likeness (QED) is 0.740. The number of rotatable bonds is 5. The van der Waals surface area contributed by atoms with Crippen molar-refractivity contribution in [3.63, 3.8) is 0 Å². The molecule has 1 aliphatic heterocycles. The summed E-state index contributed by atoms with van der Waals surface area (Å²) >= 11 is 0. The summed E-state index contributed by atoms with van der Waals surface area (Å²) in [5.41, 5.74) is 5.44. The molecule has 1 atom stereocenters. The van der Waals surface area contributed by atoms with Crippen molar-refractivity contribution in [2.75, 3.05) is 18.0 Å². The number of ether oxygens (including phenoxy) is 1. The molecule has 1 N–H and O–H groups in total. The van der Waals surface area contributed by atoms with Gasteiger partial charge in [-0.2, -0.15) is 0 Å². The summed E-state index contributed by atoms with van der Waals surface area (Å²) in [5, 5.41) is 9.91. The van der Waals surface area contributed by atoms with E-state index in [-0.39, 0.29) is 12.7 Å². The van der Waals surface area contributed by atoms with Gasteiger partial charge < -0.3 is 14.7 Å². The van der Waals surface area contributed by atoms with Crippen molar-refractivity contribution in [2.45, 2.75) is 26.1 Å². The van der Waals surface area contributed by atoms with Gasteiger partial charge in [-0.15, -0.1) is 0 Å². The number of aromatic nitrogens is 1. The second-order valence-electron chi connectivity index (χ2n) is 7.02. The van der Waals surface area contributed by atoms with Gasteiger partial charge >= 0.3 is 0 Å². The van der Waals surface area contributed by atoms with Gasteiger partial charge in [0.05, 0.1) is 13.2 Å². The number of hydrogen-bond acceptors (Lipinski definition) is 4. The van der Waals surface area contributed by atoms with E-state index >= 15 is 0 Å². The molecule has 0 radical (unpaired) electrons. The minimum absolute atomic E-state index is 0.0253. The third-order valence-corrected chi connectivity index (χ3v) is 5.01. The predicted octanol–water partition coefficient (Wildman–Crippen LogP) is 4.21. The maximum atomic E-state index is 9.91. The van der Waals surface area contributed by atoms with E-state index in [0.717, 1.165) is 47.5 Å². The average molecular weight is 360 g/mol. The van der Waals surface area contributed by atoms with Gasteiger partial charge in [0.25, 0.3) is 0 Å². The van der Waals surface area contributed by atoms with E-state index in [1.165, 1.54) is 0 Å². The Kier molecular flexibility index (Phi) is 5.07. The van der Waals surface area contributed by atoms with Crippen molar-refractivity contribution in [1.29, 1.82) is 0 Å². The van der Waals surface area contributed by atoms with Crippen LogP contribution < -0.4 is 9.64 Å². The van der Waals surface area contributed by atoms with Crippen LogP contribution in [0.3, 0.4) is 0 Å². The van der Waals surface area contributed by atoms with Gasteiger partial charge in [-0.3, -0.25) is 0 Å². The zero-order chi connectivity index (χ0) is 18.6. The van der Waals surface area contributed by atoms with Gasteiger partial charge in [0.15, 0.2) is 0 Å². The highest BCUT2D eigenvalue weighted by atomic mass is 16.5. The standard InChI is InChI=1S/C23H24N2O2/c1-17-7-10-23(24-14-17)27-21-11-12-25(15-21)22-9-8-19(13-20(22)16-26)18-5-3-2-4-6-18/h2-10,13-14,21,26H,11-12,15-16H2,1H3/t21-/m1/s1. The number of aryl methyl sites for hydroxylation is 1. The van der Waals surface area contributed by atoms with E-state index < -0.39 is 0 Å². The molecule has 0 unspecified atom stereocenters. The Labute approximate surface area is 160 Å². The lowest BCUT2D eigenvalue weighted by Gasteiger charge is -2.22. The van der Waals surface area contributed by atoms with Crippen molar-refractivity contribution in [2.24, 2.45) is 0 Å². The molecule has 1 saturated heterocycles. The predicted molar refractivity (Wildman–Crippen MR) is 108 cm³/mol. The highest BCUT2D eigenvalue weighted by Crippen LogP contribution is 2.30. The number of anilines is 1. The number of aliphatic hydroxyl groups is 1. The van der Waals surface area contributed by atoms with Gasteiger partial charge in [-0.25, -0.2) is 4.98 Å². The lowest BCUT2D eigenvalue weighted by Crippen LogP contribution is -2.25. The molecule has 0 aliphatic carbocycles. The van der Waals surface area contributed by atoms with E-state index in [4.69, 9.17) is 4.74 Å². The van der Waals surface area contributed by atoms with Crippen molar-refractivity contribution in [1.82, 2.24) is 4.98 Å². The fourth-order valence-corrected chi connectivity index (χ4v) is 3.57. The summed E-state index contributed by atoms with van der Waals surface area (Å²) in [6.45, 7) is 3.75. The lowest BCUT2D eigenvalue weighted by atomic mass is 10.0.